The number of pyridine rings is 1. The third kappa shape index (κ3) is 4.64. The zero-order valence-electron chi connectivity index (χ0n) is 11.6. The van der Waals surface area contributed by atoms with Crippen molar-refractivity contribution in [1.82, 2.24) is 4.98 Å². The number of hydrogen-bond acceptors (Lipinski definition) is 5. The van der Waals surface area contributed by atoms with E-state index in [1.807, 2.05) is 0 Å². The molecule has 0 aliphatic heterocycles. The molecule has 3 N–H and O–H groups in total. The summed E-state index contributed by atoms with van der Waals surface area (Å²) in [5.74, 6) is 0.172. The molecule has 0 saturated heterocycles. The van der Waals surface area contributed by atoms with Crippen LogP contribution < -0.4 is 10.0 Å². The Hall–Kier alpha value is -2.28. The fourth-order valence-corrected chi connectivity index (χ4v) is 2.26. The zero-order valence-corrected chi connectivity index (χ0v) is 12.4. The van der Waals surface area contributed by atoms with Gasteiger partial charge in [-0.2, -0.15) is 0 Å². The second-order valence-electron chi connectivity index (χ2n) is 4.44. The molecule has 7 heteroatoms. The molecule has 1 aromatic heterocycles. The van der Waals surface area contributed by atoms with E-state index in [-0.39, 0.29) is 11.5 Å². The van der Waals surface area contributed by atoms with Crippen molar-refractivity contribution in [2.24, 2.45) is 0 Å². The minimum Gasteiger partial charge on any atom is -0.506 e. The summed E-state index contributed by atoms with van der Waals surface area (Å²) in [7, 11) is -3.25. The van der Waals surface area contributed by atoms with E-state index in [0.29, 0.717) is 12.2 Å². The van der Waals surface area contributed by atoms with Gasteiger partial charge in [0.1, 0.15) is 5.75 Å². The van der Waals surface area contributed by atoms with Gasteiger partial charge in [0.05, 0.1) is 24.2 Å². The summed E-state index contributed by atoms with van der Waals surface area (Å²) in [6, 6.07) is 10.3. The first-order chi connectivity index (χ1) is 9.98. The van der Waals surface area contributed by atoms with E-state index in [1.54, 1.807) is 43.3 Å². The first kappa shape index (κ1) is 15.1. The molecule has 2 rings (SSSR count). The topological polar surface area (TPSA) is 91.3 Å². The monoisotopic (exact) mass is 307 g/mol. The maximum absolute atomic E-state index is 11.4. The summed E-state index contributed by atoms with van der Waals surface area (Å²) >= 11 is 0. The van der Waals surface area contributed by atoms with Crippen molar-refractivity contribution < 1.29 is 13.5 Å². The minimum atomic E-state index is -3.25. The quantitative estimate of drug-likeness (QED) is 0.760. The Morgan fingerprint density at radius 2 is 1.76 bits per heavy atom. The number of sulfonamides is 1. The van der Waals surface area contributed by atoms with Crippen LogP contribution in [0, 0.1) is 0 Å². The van der Waals surface area contributed by atoms with Crippen molar-refractivity contribution >= 4 is 21.4 Å². The molecule has 0 bridgehead atoms. The van der Waals surface area contributed by atoms with Crippen molar-refractivity contribution in [2.75, 3.05) is 15.8 Å². The van der Waals surface area contributed by atoms with Crippen LogP contribution >= 0.6 is 0 Å². The van der Waals surface area contributed by atoms with Crippen LogP contribution in [-0.4, -0.2) is 24.3 Å². The number of nitrogens with zero attached hydrogens (tertiary/aromatic N) is 1. The van der Waals surface area contributed by atoms with Crippen molar-refractivity contribution in [3.63, 3.8) is 0 Å². The summed E-state index contributed by atoms with van der Waals surface area (Å²) in [5.41, 5.74) is 2.18. The zero-order chi connectivity index (χ0) is 15.3. The fraction of sp³-hybridized carbons (Fsp3) is 0.214. The average molecular weight is 307 g/mol. The predicted molar refractivity (Wildman–Crippen MR) is 82.8 cm³/mol. The highest BCUT2D eigenvalue weighted by molar-refractivity contribution is 7.92. The second kappa shape index (κ2) is 6.45. The average Bonchev–Trinajstić information content (AvgIpc) is 2.48. The summed E-state index contributed by atoms with van der Waals surface area (Å²) in [6.45, 7) is 2.10. The number of benzene rings is 1. The first-order valence-corrected chi connectivity index (χ1v) is 8.12. The lowest BCUT2D eigenvalue weighted by molar-refractivity contribution is 0.472. The first-order valence-electron chi connectivity index (χ1n) is 6.47. The van der Waals surface area contributed by atoms with Gasteiger partial charge in [0, 0.05) is 11.4 Å². The van der Waals surface area contributed by atoms with Gasteiger partial charge in [-0.15, -0.1) is 0 Å². The minimum absolute atomic E-state index is 0.0412. The Kier molecular flexibility index (Phi) is 4.64. The lowest BCUT2D eigenvalue weighted by Gasteiger charge is -2.09. The lowest BCUT2D eigenvalue weighted by Crippen LogP contribution is -2.14. The van der Waals surface area contributed by atoms with Gasteiger partial charge in [-0.05, 0) is 43.3 Å². The highest BCUT2D eigenvalue weighted by atomic mass is 32.2. The summed E-state index contributed by atoms with van der Waals surface area (Å²) in [5, 5.41) is 12.3. The molecule has 0 atom stereocenters. The summed E-state index contributed by atoms with van der Waals surface area (Å²) < 4.78 is 25.4. The van der Waals surface area contributed by atoms with Crippen LogP contribution in [0.2, 0.25) is 0 Å². The van der Waals surface area contributed by atoms with Crippen LogP contribution in [0.1, 0.15) is 12.6 Å². The summed E-state index contributed by atoms with van der Waals surface area (Å²) in [6.07, 6.45) is 1.39. The van der Waals surface area contributed by atoms with E-state index in [1.165, 1.54) is 6.20 Å². The van der Waals surface area contributed by atoms with E-state index in [4.69, 9.17) is 5.11 Å². The van der Waals surface area contributed by atoms with Gasteiger partial charge in [-0.3, -0.25) is 9.71 Å². The molecule has 112 valence electrons. The number of nitrogens with one attached hydrogen (secondary N) is 2. The molecule has 0 amide bonds. The van der Waals surface area contributed by atoms with E-state index in [9.17, 15) is 8.42 Å². The fourth-order valence-electron chi connectivity index (χ4n) is 1.62. The van der Waals surface area contributed by atoms with Gasteiger partial charge in [-0.25, -0.2) is 8.42 Å². The van der Waals surface area contributed by atoms with Gasteiger partial charge in [0.2, 0.25) is 10.0 Å². The van der Waals surface area contributed by atoms with Crippen LogP contribution in [0.4, 0.5) is 11.4 Å². The number of rotatable bonds is 6. The van der Waals surface area contributed by atoms with E-state index in [2.05, 4.69) is 15.0 Å². The Morgan fingerprint density at radius 1 is 1.10 bits per heavy atom. The Bertz CT molecular complexity index is 682. The van der Waals surface area contributed by atoms with Gasteiger partial charge < -0.3 is 10.4 Å². The van der Waals surface area contributed by atoms with E-state index < -0.39 is 10.0 Å². The molecule has 0 saturated carbocycles. The normalized spacial score (nSPS) is 11.1. The van der Waals surface area contributed by atoms with Crippen LogP contribution in [0.5, 0.6) is 5.75 Å². The van der Waals surface area contributed by atoms with Gasteiger partial charge >= 0.3 is 0 Å². The van der Waals surface area contributed by atoms with Crippen molar-refractivity contribution in [3.8, 4) is 5.75 Å². The number of aromatic hydroxyl groups is 1. The lowest BCUT2D eigenvalue weighted by atomic mass is 10.2. The van der Waals surface area contributed by atoms with Crippen molar-refractivity contribution in [2.45, 2.75) is 13.5 Å². The molecule has 1 aromatic carbocycles. The van der Waals surface area contributed by atoms with Gasteiger partial charge in [0.15, 0.2) is 0 Å². The van der Waals surface area contributed by atoms with E-state index >= 15 is 0 Å². The molecule has 1 heterocycles. The molecule has 0 radical (unpaired) electrons. The Morgan fingerprint density at radius 3 is 2.33 bits per heavy atom. The van der Waals surface area contributed by atoms with Crippen LogP contribution in [0.15, 0.2) is 42.6 Å². The molecular weight excluding hydrogens is 290 g/mol. The number of hydrogen-bond donors (Lipinski definition) is 3. The van der Waals surface area contributed by atoms with Gasteiger partial charge in [-0.1, -0.05) is 0 Å². The van der Waals surface area contributed by atoms with Crippen molar-refractivity contribution in [1.29, 1.82) is 0 Å². The maximum Gasteiger partial charge on any atom is 0.232 e. The molecular formula is C14H17N3O3S. The predicted octanol–water partition coefficient (Wildman–Crippen LogP) is 2.16. The number of anilines is 2. The van der Waals surface area contributed by atoms with Crippen LogP contribution in [-0.2, 0) is 16.6 Å². The smallest absolute Gasteiger partial charge is 0.232 e. The number of aromatic nitrogens is 1. The largest absolute Gasteiger partial charge is 0.506 e. The molecule has 6 nitrogen and oxygen atoms in total. The Labute approximate surface area is 123 Å². The van der Waals surface area contributed by atoms with Crippen molar-refractivity contribution in [3.05, 3.63) is 48.3 Å². The summed E-state index contributed by atoms with van der Waals surface area (Å²) in [4.78, 5) is 4.07. The molecule has 2 aromatic rings. The Balaban J connectivity index is 1.95. The third-order valence-electron chi connectivity index (χ3n) is 2.82. The third-order valence-corrected chi connectivity index (χ3v) is 4.13. The highest BCUT2D eigenvalue weighted by Gasteiger charge is 2.06. The molecule has 0 aliphatic rings. The van der Waals surface area contributed by atoms with Gasteiger partial charge in [0.25, 0.3) is 0 Å². The van der Waals surface area contributed by atoms with E-state index in [0.717, 1.165) is 11.4 Å². The molecule has 21 heavy (non-hydrogen) atoms. The standard InChI is InChI=1S/C14H17N3O3S/c1-2-21(19,20)17-12-5-3-11(4-6-12)15-9-13-7-8-14(18)10-16-13/h3-8,10,15,17-18H,2,9H2,1H3. The molecule has 0 fully saturated rings. The molecule has 0 aliphatic carbocycles. The van der Waals surface area contributed by atoms with Crippen LogP contribution in [0.25, 0.3) is 0 Å². The molecule has 0 unspecified atom stereocenters. The van der Waals surface area contributed by atoms with Crippen LogP contribution in [0.3, 0.4) is 0 Å². The maximum atomic E-state index is 11.4. The second-order valence-corrected chi connectivity index (χ2v) is 6.46. The molecule has 0 spiro atoms. The highest BCUT2D eigenvalue weighted by Crippen LogP contribution is 2.16. The SMILES string of the molecule is CCS(=O)(=O)Nc1ccc(NCc2ccc(O)cn2)cc1.